The van der Waals surface area contributed by atoms with Crippen molar-refractivity contribution in [2.45, 2.75) is 19.9 Å². The van der Waals surface area contributed by atoms with Crippen LogP contribution in [0.3, 0.4) is 0 Å². The van der Waals surface area contributed by atoms with E-state index in [4.69, 9.17) is 5.11 Å². The van der Waals surface area contributed by atoms with E-state index >= 15 is 0 Å². The Hall–Kier alpha value is -2.45. The molecule has 1 saturated heterocycles. The van der Waals surface area contributed by atoms with E-state index in [1.807, 2.05) is 0 Å². The van der Waals surface area contributed by atoms with Crippen molar-refractivity contribution >= 4 is 17.7 Å². The molecule has 0 radical (unpaired) electrons. The SMILES string of the molecule is CC(C(=O)O)C1CN(C(=O)CCn2cnc([N+](=O)[O-])c2)C1. The second-order valence-electron chi connectivity index (χ2n) is 5.16. The first-order valence-corrected chi connectivity index (χ1v) is 6.55. The monoisotopic (exact) mass is 296 g/mol. The van der Waals surface area contributed by atoms with Crippen LogP contribution in [0.1, 0.15) is 13.3 Å². The van der Waals surface area contributed by atoms with E-state index in [0.29, 0.717) is 19.6 Å². The van der Waals surface area contributed by atoms with Crippen LogP contribution >= 0.6 is 0 Å². The molecule has 114 valence electrons. The standard InChI is InChI=1S/C12H16N4O5/c1-8(12(18)19)9-4-15(5-9)11(17)2-3-14-6-10(13-7-14)16(20)21/h6-9H,2-5H2,1H3,(H,18,19). The Balaban J connectivity index is 1.76. The molecule has 0 spiro atoms. The van der Waals surface area contributed by atoms with Gasteiger partial charge in [0.15, 0.2) is 0 Å². The highest BCUT2D eigenvalue weighted by atomic mass is 16.6. The Labute approximate surface area is 120 Å². The van der Waals surface area contributed by atoms with E-state index in [1.54, 1.807) is 11.8 Å². The minimum absolute atomic E-state index is 0.000724. The fraction of sp³-hybridized carbons (Fsp3) is 0.583. The number of hydrogen-bond donors (Lipinski definition) is 1. The van der Waals surface area contributed by atoms with Gasteiger partial charge in [-0.05, 0) is 9.91 Å². The molecule has 1 aromatic heterocycles. The Kier molecular flexibility index (Phi) is 4.20. The minimum atomic E-state index is -0.849. The molecule has 1 atom stereocenters. The molecule has 0 aromatic carbocycles. The molecular formula is C12H16N4O5. The van der Waals surface area contributed by atoms with Crippen LogP contribution in [0, 0.1) is 22.0 Å². The zero-order chi connectivity index (χ0) is 15.6. The lowest BCUT2D eigenvalue weighted by molar-refractivity contribution is -0.389. The van der Waals surface area contributed by atoms with Gasteiger partial charge in [0.25, 0.3) is 0 Å². The first-order chi connectivity index (χ1) is 9.88. The number of carbonyl (C=O) groups excluding carboxylic acids is 1. The molecule has 9 heteroatoms. The zero-order valence-corrected chi connectivity index (χ0v) is 11.5. The molecular weight excluding hydrogens is 280 g/mol. The molecule has 1 N–H and O–H groups in total. The summed E-state index contributed by atoms with van der Waals surface area (Å²) < 4.78 is 1.49. The lowest BCUT2D eigenvalue weighted by Crippen LogP contribution is -2.53. The zero-order valence-electron chi connectivity index (χ0n) is 11.5. The van der Waals surface area contributed by atoms with Gasteiger partial charge in [-0.1, -0.05) is 6.92 Å². The number of likely N-dealkylation sites (tertiary alicyclic amines) is 1. The highest BCUT2D eigenvalue weighted by Crippen LogP contribution is 2.24. The van der Waals surface area contributed by atoms with Crippen LogP contribution in [0.25, 0.3) is 0 Å². The highest BCUT2D eigenvalue weighted by molar-refractivity contribution is 5.77. The summed E-state index contributed by atoms with van der Waals surface area (Å²) in [5.41, 5.74) is 0. The van der Waals surface area contributed by atoms with Crippen LogP contribution in [0.4, 0.5) is 5.82 Å². The molecule has 1 aromatic rings. The number of imidazole rings is 1. The van der Waals surface area contributed by atoms with Gasteiger partial charge >= 0.3 is 11.8 Å². The quantitative estimate of drug-likeness (QED) is 0.598. The number of aromatic nitrogens is 2. The number of carbonyl (C=O) groups is 2. The topological polar surface area (TPSA) is 119 Å². The molecule has 1 fully saturated rings. The van der Waals surface area contributed by atoms with E-state index in [2.05, 4.69) is 4.98 Å². The van der Waals surface area contributed by atoms with E-state index in [-0.39, 0.29) is 24.1 Å². The van der Waals surface area contributed by atoms with Crippen molar-refractivity contribution in [2.24, 2.45) is 11.8 Å². The number of aliphatic carboxylic acids is 1. The summed E-state index contributed by atoms with van der Waals surface area (Å²) in [5, 5.41) is 19.4. The summed E-state index contributed by atoms with van der Waals surface area (Å²) >= 11 is 0. The van der Waals surface area contributed by atoms with E-state index < -0.39 is 16.8 Å². The van der Waals surface area contributed by atoms with E-state index in [1.165, 1.54) is 17.1 Å². The summed E-state index contributed by atoms with van der Waals surface area (Å²) in [6, 6.07) is 0. The number of nitro groups is 1. The third-order valence-electron chi connectivity index (χ3n) is 3.75. The fourth-order valence-electron chi connectivity index (χ4n) is 2.18. The molecule has 1 unspecified atom stereocenters. The smallest absolute Gasteiger partial charge is 0.381 e. The van der Waals surface area contributed by atoms with Crippen molar-refractivity contribution in [3.05, 3.63) is 22.6 Å². The second kappa shape index (κ2) is 5.90. The van der Waals surface area contributed by atoms with Gasteiger partial charge in [0.05, 0.1) is 5.92 Å². The first-order valence-electron chi connectivity index (χ1n) is 6.55. The summed E-state index contributed by atoms with van der Waals surface area (Å²) in [4.78, 5) is 37.8. The lowest BCUT2D eigenvalue weighted by Gasteiger charge is -2.41. The lowest BCUT2D eigenvalue weighted by atomic mass is 9.87. The number of nitrogens with zero attached hydrogens (tertiary/aromatic N) is 4. The molecule has 2 rings (SSSR count). The van der Waals surface area contributed by atoms with Gasteiger partial charge in [0, 0.05) is 32.0 Å². The maximum absolute atomic E-state index is 11.9. The highest BCUT2D eigenvalue weighted by Gasteiger charge is 2.36. The summed E-state index contributed by atoms with van der Waals surface area (Å²) in [6.07, 6.45) is 2.80. The number of carboxylic acids is 1. The van der Waals surface area contributed by atoms with Crippen molar-refractivity contribution in [3.63, 3.8) is 0 Å². The van der Waals surface area contributed by atoms with E-state index in [0.717, 1.165) is 0 Å². The van der Waals surface area contributed by atoms with Crippen LogP contribution in [-0.4, -0.2) is 49.4 Å². The van der Waals surface area contributed by atoms with Crippen molar-refractivity contribution < 1.29 is 19.6 Å². The van der Waals surface area contributed by atoms with Crippen LogP contribution in [0.5, 0.6) is 0 Å². The van der Waals surface area contributed by atoms with Gasteiger partial charge in [-0.25, -0.2) is 0 Å². The molecule has 0 aliphatic carbocycles. The first kappa shape index (κ1) is 14.9. The Morgan fingerprint density at radius 3 is 2.76 bits per heavy atom. The third-order valence-corrected chi connectivity index (χ3v) is 3.75. The van der Waals surface area contributed by atoms with Gasteiger partial charge < -0.3 is 24.7 Å². The molecule has 0 bridgehead atoms. The van der Waals surface area contributed by atoms with Crippen LogP contribution in [0.2, 0.25) is 0 Å². The molecule has 1 aliphatic heterocycles. The normalized spacial score (nSPS) is 16.3. The summed E-state index contributed by atoms with van der Waals surface area (Å²) in [6.45, 7) is 2.86. The maximum Gasteiger partial charge on any atom is 0.381 e. The van der Waals surface area contributed by atoms with Crippen LogP contribution in [0.15, 0.2) is 12.5 Å². The number of aryl methyl sites for hydroxylation is 1. The van der Waals surface area contributed by atoms with Gasteiger partial charge in [0.1, 0.15) is 6.20 Å². The fourth-order valence-corrected chi connectivity index (χ4v) is 2.18. The Morgan fingerprint density at radius 2 is 2.24 bits per heavy atom. The Bertz CT molecular complexity index is 564. The third kappa shape index (κ3) is 3.36. The molecule has 21 heavy (non-hydrogen) atoms. The molecule has 1 aliphatic rings. The van der Waals surface area contributed by atoms with Crippen molar-refractivity contribution in [2.75, 3.05) is 13.1 Å². The summed E-state index contributed by atoms with van der Waals surface area (Å²) in [7, 11) is 0. The van der Waals surface area contributed by atoms with Gasteiger partial charge in [-0.2, -0.15) is 0 Å². The average Bonchev–Trinajstić information content (AvgIpc) is 2.83. The number of hydrogen-bond acceptors (Lipinski definition) is 5. The predicted octanol–water partition coefficient (Wildman–Crippen LogP) is 0.360. The molecule has 9 nitrogen and oxygen atoms in total. The number of carboxylic acid groups (broad SMARTS) is 1. The molecule has 1 amide bonds. The predicted molar refractivity (Wildman–Crippen MR) is 70.4 cm³/mol. The van der Waals surface area contributed by atoms with Crippen LogP contribution in [-0.2, 0) is 16.1 Å². The number of amides is 1. The van der Waals surface area contributed by atoms with Crippen molar-refractivity contribution in [3.8, 4) is 0 Å². The maximum atomic E-state index is 11.9. The van der Waals surface area contributed by atoms with Gasteiger partial charge in [-0.15, -0.1) is 0 Å². The van der Waals surface area contributed by atoms with Crippen LogP contribution < -0.4 is 0 Å². The Morgan fingerprint density at radius 1 is 1.57 bits per heavy atom. The van der Waals surface area contributed by atoms with E-state index in [9.17, 15) is 19.7 Å². The summed E-state index contributed by atoms with van der Waals surface area (Å²) in [5.74, 6) is -1.63. The molecule has 0 saturated carbocycles. The second-order valence-corrected chi connectivity index (χ2v) is 5.16. The van der Waals surface area contributed by atoms with Crippen molar-refractivity contribution in [1.82, 2.24) is 14.5 Å². The number of rotatable bonds is 6. The molecule has 2 heterocycles. The van der Waals surface area contributed by atoms with Gasteiger partial charge in [0.2, 0.25) is 12.2 Å². The van der Waals surface area contributed by atoms with Gasteiger partial charge in [-0.3, -0.25) is 9.59 Å². The minimum Gasteiger partial charge on any atom is -0.481 e. The van der Waals surface area contributed by atoms with Crippen molar-refractivity contribution in [1.29, 1.82) is 0 Å². The largest absolute Gasteiger partial charge is 0.481 e. The average molecular weight is 296 g/mol.